The number of H-pyrrole nitrogens is 1. The van der Waals surface area contributed by atoms with Gasteiger partial charge in [-0.1, -0.05) is 13.8 Å². The van der Waals surface area contributed by atoms with Crippen molar-refractivity contribution >= 4 is 15.9 Å². The third kappa shape index (κ3) is 5.18. The van der Waals surface area contributed by atoms with Gasteiger partial charge in [0.1, 0.15) is 0 Å². The molecule has 0 spiro atoms. The zero-order valence-electron chi connectivity index (χ0n) is 10.8. The quantitative estimate of drug-likeness (QED) is 0.745. The van der Waals surface area contributed by atoms with E-state index in [0.29, 0.717) is 11.0 Å². The average molecular weight is 318 g/mol. The molecule has 5 nitrogen and oxygen atoms in total. The number of hydrogen-bond donors (Lipinski definition) is 2. The van der Waals surface area contributed by atoms with Crippen LogP contribution in [0.2, 0.25) is 0 Å². The van der Waals surface area contributed by atoms with E-state index in [0.717, 1.165) is 25.4 Å². The van der Waals surface area contributed by atoms with Gasteiger partial charge in [-0.05, 0) is 41.2 Å². The first-order valence-electron chi connectivity index (χ1n) is 6.20. The molecular weight excluding hydrogens is 298 g/mol. The molecule has 0 aliphatic rings. The van der Waals surface area contributed by atoms with Crippen molar-refractivity contribution in [3.05, 3.63) is 31.5 Å². The molecule has 0 amide bonds. The van der Waals surface area contributed by atoms with Gasteiger partial charge in [0.25, 0.3) is 5.56 Å². The van der Waals surface area contributed by atoms with Crippen molar-refractivity contribution in [2.75, 3.05) is 13.1 Å². The maximum atomic E-state index is 11.5. The third-order valence-electron chi connectivity index (χ3n) is 2.63. The van der Waals surface area contributed by atoms with E-state index in [1.165, 1.54) is 17.2 Å². The van der Waals surface area contributed by atoms with Gasteiger partial charge in [-0.15, -0.1) is 0 Å². The van der Waals surface area contributed by atoms with Gasteiger partial charge in [0, 0.05) is 19.3 Å². The summed E-state index contributed by atoms with van der Waals surface area (Å²) in [4.78, 5) is 24.9. The molecule has 2 N–H and O–H groups in total. The summed E-state index contributed by atoms with van der Waals surface area (Å²) in [6, 6.07) is 0. The zero-order chi connectivity index (χ0) is 13.5. The molecule has 0 aliphatic carbocycles. The summed E-state index contributed by atoms with van der Waals surface area (Å²) >= 11 is 3.11. The molecule has 0 atom stereocenters. The molecule has 18 heavy (non-hydrogen) atoms. The van der Waals surface area contributed by atoms with Crippen LogP contribution in [0.4, 0.5) is 0 Å². The summed E-state index contributed by atoms with van der Waals surface area (Å²) in [5.41, 5.74) is -0.756. The Bertz CT molecular complexity index is 479. The smallest absolute Gasteiger partial charge is 0.315 e. The highest BCUT2D eigenvalue weighted by Crippen LogP contribution is 2.01. The largest absolute Gasteiger partial charge is 0.328 e. The fourth-order valence-corrected chi connectivity index (χ4v) is 1.95. The van der Waals surface area contributed by atoms with Gasteiger partial charge in [0.15, 0.2) is 0 Å². The van der Waals surface area contributed by atoms with Crippen LogP contribution in [0.1, 0.15) is 26.7 Å². The molecular formula is C12H20BrN3O2. The highest BCUT2D eigenvalue weighted by molar-refractivity contribution is 9.10. The number of nitrogens with one attached hydrogen (secondary N) is 2. The van der Waals surface area contributed by atoms with E-state index in [4.69, 9.17) is 0 Å². The van der Waals surface area contributed by atoms with E-state index >= 15 is 0 Å². The molecule has 102 valence electrons. The molecule has 1 aromatic rings. The van der Waals surface area contributed by atoms with E-state index in [2.05, 4.69) is 40.1 Å². The summed E-state index contributed by atoms with van der Waals surface area (Å²) in [6.45, 7) is 6.64. The standard InChI is InChI=1S/C12H20BrN3O2/c1-9(2)4-3-5-14-6-7-16-8-10(13)11(17)15-12(16)18/h8-9,14H,3-7H2,1-2H3,(H,15,17,18). The van der Waals surface area contributed by atoms with Crippen LogP contribution in [0.25, 0.3) is 0 Å². The SMILES string of the molecule is CC(C)CCCNCCn1cc(Br)c(=O)[nH]c1=O. The predicted octanol–water partition coefficient (Wildman–Crippen LogP) is 1.32. The molecule has 0 bridgehead atoms. The summed E-state index contributed by atoms with van der Waals surface area (Å²) in [7, 11) is 0. The molecule has 0 fully saturated rings. The van der Waals surface area contributed by atoms with Crippen LogP contribution in [0.3, 0.4) is 0 Å². The van der Waals surface area contributed by atoms with E-state index in [1.807, 2.05) is 0 Å². The minimum atomic E-state index is -0.388. The molecule has 0 aliphatic heterocycles. The Labute approximate surface area is 115 Å². The van der Waals surface area contributed by atoms with Crippen LogP contribution >= 0.6 is 15.9 Å². The van der Waals surface area contributed by atoms with Gasteiger partial charge in [-0.25, -0.2) is 4.79 Å². The monoisotopic (exact) mass is 317 g/mol. The highest BCUT2D eigenvalue weighted by atomic mass is 79.9. The maximum absolute atomic E-state index is 11.5. The summed E-state index contributed by atoms with van der Waals surface area (Å²) in [5.74, 6) is 0.726. The van der Waals surface area contributed by atoms with Crippen molar-refractivity contribution in [2.45, 2.75) is 33.2 Å². The Kier molecular flexibility index (Phi) is 6.35. The first-order chi connectivity index (χ1) is 8.50. The lowest BCUT2D eigenvalue weighted by atomic mass is 10.1. The van der Waals surface area contributed by atoms with Crippen LogP contribution in [0.5, 0.6) is 0 Å². The summed E-state index contributed by atoms with van der Waals surface area (Å²) < 4.78 is 1.86. The zero-order valence-corrected chi connectivity index (χ0v) is 12.4. The van der Waals surface area contributed by atoms with Crippen LogP contribution in [0, 0.1) is 5.92 Å². The van der Waals surface area contributed by atoms with Gasteiger partial charge in [-0.2, -0.15) is 0 Å². The number of nitrogens with zero attached hydrogens (tertiary/aromatic N) is 1. The second-order valence-corrected chi connectivity index (χ2v) is 5.57. The topological polar surface area (TPSA) is 66.9 Å². The molecule has 1 rings (SSSR count). The molecule has 0 aromatic carbocycles. The normalized spacial score (nSPS) is 11.1. The Hall–Kier alpha value is -0.880. The van der Waals surface area contributed by atoms with Gasteiger partial charge < -0.3 is 5.32 Å². The Morgan fingerprint density at radius 3 is 2.78 bits per heavy atom. The minimum absolute atomic E-state index is 0.368. The van der Waals surface area contributed by atoms with Gasteiger partial charge in [0.05, 0.1) is 4.47 Å². The lowest BCUT2D eigenvalue weighted by Crippen LogP contribution is -2.33. The van der Waals surface area contributed by atoms with Crippen LogP contribution in [-0.2, 0) is 6.54 Å². The van der Waals surface area contributed by atoms with E-state index in [-0.39, 0.29) is 11.2 Å². The Morgan fingerprint density at radius 1 is 1.39 bits per heavy atom. The molecule has 0 saturated carbocycles. The van der Waals surface area contributed by atoms with Crippen molar-refractivity contribution in [3.63, 3.8) is 0 Å². The van der Waals surface area contributed by atoms with Crippen LogP contribution < -0.4 is 16.6 Å². The van der Waals surface area contributed by atoms with Crippen molar-refractivity contribution in [2.24, 2.45) is 5.92 Å². The average Bonchev–Trinajstić information content (AvgIpc) is 2.29. The minimum Gasteiger partial charge on any atom is -0.315 e. The third-order valence-corrected chi connectivity index (χ3v) is 3.20. The number of rotatable bonds is 7. The lowest BCUT2D eigenvalue weighted by molar-refractivity contribution is 0.510. The molecule has 0 unspecified atom stereocenters. The number of aromatic nitrogens is 2. The fourth-order valence-electron chi connectivity index (χ4n) is 1.61. The van der Waals surface area contributed by atoms with Crippen molar-refractivity contribution in [1.82, 2.24) is 14.9 Å². The number of aromatic amines is 1. The van der Waals surface area contributed by atoms with E-state index in [9.17, 15) is 9.59 Å². The summed E-state index contributed by atoms with van der Waals surface area (Å²) in [5, 5.41) is 3.28. The van der Waals surface area contributed by atoms with E-state index in [1.54, 1.807) is 0 Å². The van der Waals surface area contributed by atoms with Gasteiger partial charge in [0.2, 0.25) is 0 Å². The van der Waals surface area contributed by atoms with Gasteiger partial charge >= 0.3 is 5.69 Å². The fraction of sp³-hybridized carbons (Fsp3) is 0.667. The molecule has 0 saturated heterocycles. The number of hydrogen-bond acceptors (Lipinski definition) is 3. The Morgan fingerprint density at radius 2 is 2.11 bits per heavy atom. The van der Waals surface area contributed by atoms with Gasteiger partial charge in [-0.3, -0.25) is 14.3 Å². The molecule has 0 radical (unpaired) electrons. The van der Waals surface area contributed by atoms with Crippen molar-refractivity contribution < 1.29 is 0 Å². The predicted molar refractivity (Wildman–Crippen MR) is 76.0 cm³/mol. The lowest BCUT2D eigenvalue weighted by Gasteiger charge is -2.08. The van der Waals surface area contributed by atoms with Crippen LogP contribution in [0.15, 0.2) is 20.3 Å². The van der Waals surface area contributed by atoms with Crippen LogP contribution in [-0.4, -0.2) is 22.6 Å². The molecule has 6 heteroatoms. The number of halogens is 1. The Balaban J connectivity index is 2.34. The highest BCUT2D eigenvalue weighted by Gasteiger charge is 2.01. The van der Waals surface area contributed by atoms with Crippen molar-refractivity contribution in [3.8, 4) is 0 Å². The first-order valence-corrected chi connectivity index (χ1v) is 7.00. The second-order valence-electron chi connectivity index (χ2n) is 4.72. The maximum Gasteiger partial charge on any atom is 0.328 e. The molecule has 1 heterocycles. The molecule has 1 aromatic heterocycles. The second kappa shape index (κ2) is 7.53. The first kappa shape index (κ1) is 15.2. The van der Waals surface area contributed by atoms with Crippen molar-refractivity contribution in [1.29, 1.82) is 0 Å². The van der Waals surface area contributed by atoms with E-state index < -0.39 is 0 Å². The summed E-state index contributed by atoms with van der Waals surface area (Å²) in [6.07, 6.45) is 3.87.